The number of carbonyl (C=O) groups is 2. The highest BCUT2D eigenvalue weighted by molar-refractivity contribution is 6.06. The highest BCUT2D eigenvalue weighted by Crippen LogP contribution is 2.40. The Labute approximate surface area is 200 Å². The molecule has 8 heteroatoms. The molecule has 0 spiro atoms. The van der Waals surface area contributed by atoms with Crippen molar-refractivity contribution < 1.29 is 9.59 Å². The minimum absolute atomic E-state index is 0.0447. The molecule has 1 aromatic carbocycles. The first-order valence-electron chi connectivity index (χ1n) is 12.4. The van der Waals surface area contributed by atoms with Crippen molar-refractivity contribution >= 4 is 17.4 Å². The molecule has 1 N–H and O–H groups in total. The van der Waals surface area contributed by atoms with Gasteiger partial charge in [0.25, 0.3) is 11.8 Å². The summed E-state index contributed by atoms with van der Waals surface area (Å²) in [5.74, 6) is 0.0488. The van der Waals surface area contributed by atoms with Crippen LogP contribution in [0.5, 0.6) is 0 Å². The maximum atomic E-state index is 13.4. The van der Waals surface area contributed by atoms with Crippen LogP contribution in [-0.2, 0) is 28.1 Å². The lowest BCUT2D eigenvalue weighted by Crippen LogP contribution is -2.50. The van der Waals surface area contributed by atoms with Crippen molar-refractivity contribution in [1.82, 2.24) is 20.1 Å². The number of amides is 2. The van der Waals surface area contributed by atoms with Gasteiger partial charge in [-0.05, 0) is 55.7 Å². The molecule has 5 rings (SSSR count). The van der Waals surface area contributed by atoms with E-state index in [2.05, 4.69) is 46.8 Å². The van der Waals surface area contributed by atoms with E-state index in [-0.39, 0.29) is 24.1 Å². The number of hydrogen-bond donors (Lipinski definition) is 1. The molecular formula is C26H32N6O2. The van der Waals surface area contributed by atoms with E-state index in [0.717, 1.165) is 29.1 Å². The molecule has 178 valence electrons. The number of aryl methyl sites for hydroxylation is 1. The van der Waals surface area contributed by atoms with Gasteiger partial charge < -0.3 is 5.32 Å². The number of hydrogen-bond acceptors (Lipinski definition) is 5. The molecular weight excluding hydrogens is 428 g/mol. The van der Waals surface area contributed by atoms with E-state index in [1.54, 1.807) is 0 Å². The van der Waals surface area contributed by atoms with Gasteiger partial charge in [0.15, 0.2) is 0 Å². The Morgan fingerprint density at radius 3 is 2.59 bits per heavy atom. The van der Waals surface area contributed by atoms with E-state index in [1.165, 1.54) is 37.7 Å². The molecule has 34 heavy (non-hydrogen) atoms. The normalized spacial score (nSPS) is 22.6. The number of rotatable bonds is 9. The van der Waals surface area contributed by atoms with Gasteiger partial charge in [-0.15, -0.1) is 0 Å². The molecule has 1 aromatic heterocycles. The lowest BCUT2D eigenvalue weighted by molar-refractivity contribution is -0.130. The first kappa shape index (κ1) is 22.5. The fourth-order valence-electron chi connectivity index (χ4n) is 4.79. The van der Waals surface area contributed by atoms with Crippen molar-refractivity contribution in [1.29, 1.82) is 0 Å². The number of unbranched alkanes of at least 4 members (excludes halogenated alkanes) is 2. The number of nitrogens with one attached hydrogen (secondary N) is 1. The van der Waals surface area contributed by atoms with E-state index >= 15 is 0 Å². The topological polar surface area (TPSA) is 92.0 Å². The summed E-state index contributed by atoms with van der Waals surface area (Å²) >= 11 is 0. The van der Waals surface area contributed by atoms with Crippen LogP contribution in [0.25, 0.3) is 5.57 Å². The number of nitrogens with zero attached hydrogens (tertiary/aromatic N) is 5. The number of carbonyl (C=O) groups excluding carboxylic acids is 2. The van der Waals surface area contributed by atoms with Gasteiger partial charge >= 0.3 is 0 Å². The monoisotopic (exact) mass is 460 g/mol. The van der Waals surface area contributed by atoms with Crippen LogP contribution < -0.4 is 5.32 Å². The third-order valence-electron chi connectivity index (χ3n) is 6.98. The lowest BCUT2D eigenvalue weighted by Gasteiger charge is -2.38. The Bertz CT molecular complexity index is 1140. The Morgan fingerprint density at radius 1 is 1.12 bits per heavy atom. The van der Waals surface area contributed by atoms with Gasteiger partial charge in [0.1, 0.15) is 12.2 Å². The summed E-state index contributed by atoms with van der Waals surface area (Å²) in [7, 11) is 0. The largest absolute Gasteiger partial charge is 0.341 e. The van der Waals surface area contributed by atoms with Gasteiger partial charge in [-0.1, -0.05) is 49.3 Å². The van der Waals surface area contributed by atoms with Crippen molar-refractivity contribution in [2.45, 2.75) is 70.9 Å². The number of benzene rings is 1. The summed E-state index contributed by atoms with van der Waals surface area (Å²) in [6, 6.07) is 10.5. The van der Waals surface area contributed by atoms with Gasteiger partial charge in [0.05, 0.1) is 11.2 Å². The molecule has 1 atom stereocenters. The van der Waals surface area contributed by atoms with Crippen molar-refractivity contribution in [3.63, 3.8) is 0 Å². The highest BCUT2D eigenvalue weighted by Gasteiger charge is 2.42. The second-order valence-electron chi connectivity index (χ2n) is 9.91. The van der Waals surface area contributed by atoms with Crippen LogP contribution in [-0.4, -0.2) is 33.1 Å². The predicted molar refractivity (Wildman–Crippen MR) is 128 cm³/mol. The molecule has 3 aliphatic rings. The molecule has 1 aliphatic carbocycles. The second kappa shape index (κ2) is 9.16. The average molecular weight is 461 g/mol. The minimum atomic E-state index is -0.627. The number of aromatic nitrogens is 2. The minimum Gasteiger partial charge on any atom is -0.341 e. The Balaban J connectivity index is 1.47. The molecule has 0 unspecified atom stereocenters. The zero-order valence-electron chi connectivity index (χ0n) is 20.0. The van der Waals surface area contributed by atoms with E-state index in [0.29, 0.717) is 18.0 Å². The third kappa shape index (κ3) is 4.54. The van der Waals surface area contributed by atoms with Crippen LogP contribution in [0.4, 0.5) is 0 Å². The van der Waals surface area contributed by atoms with Crippen molar-refractivity contribution in [2.75, 3.05) is 6.54 Å². The molecule has 2 aliphatic heterocycles. The standard InChI is InChI=1S/C26H32N6O2/c1-3-4-5-6-18-9-11-20(12-10-18)26(2)15-21(22-13-14-31(29-22)17-19-7-8-19)24(25(34)28-26)32-23(33)16-27-30-32/h9-14,19H,3-8,15-17H2,1-2H3,(H,28,34)/t26-/m0/s1. The van der Waals surface area contributed by atoms with Crippen molar-refractivity contribution in [3.8, 4) is 0 Å². The molecule has 1 saturated carbocycles. The third-order valence-corrected chi connectivity index (χ3v) is 6.98. The molecule has 0 bridgehead atoms. The van der Waals surface area contributed by atoms with Crippen LogP contribution in [0.3, 0.4) is 0 Å². The zero-order valence-corrected chi connectivity index (χ0v) is 20.0. The highest BCUT2D eigenvalue weighted by atomic mass is 16.2. The second-order valence-corrected chi connectivity index (χ2v) is 9.91. The summed E-state index contributed by atoms with van der Waals surface area (Å²) in [6.07, 6.45) is 9.61. The molecule has 2 aromatic rings. The predicted octanol–water partition coefficient (Wildman–Crippen LogP) is 4.38. The van der Waals surface area contributed by atoms with Crippen molar-refractivity contribution in [2.24, 2.45) is 16.3 Å². The average Bonchev–Trinajstić information content (AvgIpc) is 3.34. The van der Waals surface area contributed by atoms with Crippen molar-refractivity contribution in [3.05, 3.63) is 59.0 Å². The van der Waals surface area contributed by atoms with E-state index < -0.39 is 5.54 Å². The first-order chi connectivity index (χ1) is 16.5. The summed E-state index contributed by atoms with van der Waals surface area (Å²) in [5, 5.41) is 16.9. The fourth-order valence-corrected chi connectivity index (χ4v) is 4.79. The summed E-state index contributed by atoms with van der Waals surface area (Å²) in [4.78, 5) is 25.9. The smallest absolute Gasteiger partial charge is 0.272 e. The summed E-state index contributed by atoms with van der Waals surface area (Å²) < 4.78 is 1.94. The van der Waals surface area contributed by atoms with Gasteiger partial charge in [0.2, 0.25) is 0 Å². The molecule has 2 amide bonds. The maximum Gasteiger partial charge on any atom is 0.272 e. The molecule has 3 heterocycles. The zero-order chi connectivity index (χ0) is 23.7. The van der Waals surface area contributed by atoms with E-state index in [1.807, 2.05) is 23.9 Å². The summed E-state index contributed by atoms with van der Waals surface area (Å²) in [5.41, 5.74) is 3.38. The Morgan fingerprint density at radius 2 is 1.91 bits per heavy atom. The SMILES string of the molecule is CCCCCc1ccc([C@]2(C)CC(c3ccn(CC4CC4)n3)=C(N3N=NCC3=O)C(=O)N2)cc1. The first-order valence-corrected chi connectivity index (χ1v) is 12.4. The van der Waals surface area contributed by atoms with Gasteiger partial charge in [-0.25, -0.2) is 0 Å². The molecule has 0 saturated heterocycles. The quantitative estimate of drug-likeness (QED) is 0.563. The summed E-state index contributed by atoms with van der Waals surface area (Å²) in [6.45, 7) is 5.08. The molecule has 0 radical (unpaired) electrons. The van der Waals surface area contributed by atoms with Crippen LogP contribution in [0.2, 0.25) is 0 Å². The van der Waals surface area contributed by atoms with Gasteiger partial charge in [0, 0.05) is 24.7 Å². The van der Waals surface area contributed by atoms with E-state index in [9.17, 15) is 9.59 Å². The van der Waals surface area contributed by atoms with Crippen LogP contribution in [0.15, 0.2) is 52.6 Å². The van der Waals surface area contributed by atoms with Crippen LogP contribution in [0.1, 0.15) is 69.2 Å². The Hall–Kier alpha value is -3.29. The van der Waals surface area contributed by atoms with Crippen LogP contribution in [0, 0.1) is 5.92 Å². The molecule has 1 fully saturated rings. The van der Waals surface area contributed by atoms with Gasteiger partial charge in [-0.3, -0.25) is 14.3 Å². The lowest BCUT2D eigenvalue weighted by atomic mass is 9.80. The fraction of sp³-hybridized carbons (Fsp3) is 0.500. The van der Waals surface area contributed by atoms with Crippen LogP contribution >= 0.6 is 0 Å². The Kier molecular flexibility index (Phi) is 6.06. The van der Waals surface area contributed by atoms with E-state index in [4.69, 9.17) is 5.10 Å². The maximum absolute atomic E-state index is 13.4. The van der Waals surface area contributed by atoms with Gasteiger partial charge in [-0.2, -0.15) is 15.2 Å². The molecule has 8 nitrogen and oxygen atoms in total.